The van der Waals surface area contributed by atoms with Crippen molar-refractivity contribution in [3.8, 4) is 5.75 Å². The van der Waals surface area contributed by atoms with Gasteiger partial charge in [0.2, 0.25) is 0 Å². The summed E-state index contributed by atoms with van der Waals surface area (Å²) in [6, 6.07) is 13.6. The molecule has 2 aromatic rings. The number of carbonyl (C=O) groups excluding carboxylic acids is 2. The van der Waals surface area contributed by atoms with Crippen LogP contribution in [0.5, 0.6) is 5.75 Å². The fourth-order valence-electron chi connectivity index (χ4n) is 5.53. The van der Waals surface area contributed by atoms with Crippen LogP contribution in [0.2, 0.25) is 0 Å². The number of aliphatic hydroxyl groups excluding tert-OH is 1. The number of urea groups is 1. The normalized spacial score (nSPS) is 21.2. The Hall–Kier alpha value is -3.10. The van der Waals surface area contributed by atoms with E-state index in [1.165, 1.54) is 32.1 Å². The van der Waals surface area contributed by atoms with Gasteiger partial charge in [0.25, 0.3) is 5.91 Å². The van der Waals surface area contributed by atoms with Gasteiger partial charge >= 0.3 is 6.03 Å². The first-order chi connectivity index (χ1) is 18.3. The molecule has 0 spiro atoms. The lowest BCUT2D eigenvalue weighted by atomic mass is 9.89. The molecule has 8 heteroatoms. The molecule has 0 aromatic heterocycles. The van der Waals surface area contributed by atoms with Gasteiger partial charge < -0.3 is 30.3 Å². The third-order valence-corrected chi connectivity index (χ3v) is 7.74. The number of rotatable bonds is 8. The van der Waals surface area contributed by atoms with Gasteiger partial charge in [-0.05, 0) is 63.1 Å². The first kappa shape index (κ1) is 27.9. The van der Waals surface area contributed by atoms with Gasteiger partial charge in [0.15, 0.2) is 0 Å². The molecule has 0 bridgehead atoms. The van der Waals surface area contributed by atoms with Gasteiger partial charge in [-0.25, -0.2) is 4.79 Å². The van der Waals surface area contributed by atoms with Crippen molar-refractivity contribution >= 4 is 23.3 Å². The predicted molar refractivity (Wildman–Crippen MR) is 151 cm³/mol. The van der Waals surface area contributed by atoms with E-state index in [0.29, 0.717) is 29.2 Å². The predicted octanol–water partition coefficient (Wildman–Crippen LogP) is 5.06. The van der Waals surface area contributed by atoms with Crippen molar-refractivity contribution in [3.05, 3.63) is 54.1 Å². The maximum Gasteiger partial charge on any atom is 0.323 e. The number of nitrogens with one attached hydrogen (secondary N) is 2. The average Bonchev–Trinajstić information content (AvgIpc) is 2.91. The molecule has 3 amide bonds. The highest BCUT2D eigenvalue weighted by Crippen LogP contribution is 2.31. The first-order valence-corrected chi connectivity index (χ1v) is 13.9. The zero-order valence-corrected chi connectivity index (χ0v) is 22.9. The molecule has 2 aromatic carbocycles. The molecule has 38 heavy (non-hydrogen) atoms. The fourth-order valence-corrected chi connectivity index (χ4v) is 5.53. The zero-order valence-electron chi connectivity index (χ0n) is 22.9. The number of hydrogen-bond donors (Lipinski definition) is 3. The monoisotopic (exact) mass is 522 g/mol. The van der Waals surface area contributed by atoms with E-state index in [1.807, 2.05) is 25.1 Å². The molecule has 206 valence electrons. The molecule has 4 rings (SSSR count). The summed E-state index contributed by atoms with van der Waals surface area (Å²) >= 11 is 0. The minimum atomic E-state index is -0.396. The molecule has 1 saturated carbocycles. The van der Waals surface area contributed by atoms with Crippen molar-refractivity contribution in [2.24, 2.45) is 11.8 Å². The highest BCUT2D eigenvalue weighted by atomic mass is 16.5. The molecule has 3 N–H and O–H groups in total. The van der Waals surface area contributed by atoms with Crippen molar-refractivity contribution in [2.45, 2.75) is 58.1 Å². The molecule has 8 nitrogen and oxygen atoms in total. The van der Waals surface area contributed by atoms with E-state index in [4.69, 9.17) is 4.74 Å². The molecule has 0 saturated heterocycles. The van der Waals surface area contributed by atoms with Crippen LogP contribution in [0.3, 0.4) is 0 Å². The Bertz CT molecular complexity index is 1070. The fraction of sp³-hybridized carbons (Fsp3) is 0.533. The van der Waals surface area contributed by atoms with E-state index >= 15 is 0 Å². The molecule has 0 radical (unpaired) electrons. The van der Waals surface area contributed by atoms with E-state index in [0.717, 1.165) is 19.0 Å². The molecular formula is C30H42N4O4. The second kappa shape index (κ2) is 13.1. The number of likely N-dealkylation sites (N-methyl/N-ethyl adjacent to an activating group) is 1. The highest BCUT2D eigenvalue weighted by Gasteiger charge is 2.34. The van der Waals surface area contributed by atoms with Crippen molar-refractivity contribution < 1.29 is 19.4 Å². The van der Waals surface area contributed by atoms with Crippen molar-refractivity contribution in [1.82, 2.24) is 9.80 Å². The number of ether oxygens (including phenoxy) is 1. The number of aliphatic hydroxyl groups is 1. The topological polar surface area (TPSA) is 94.1 Å². The average molecular weight is 523 g/mol. The standard InChI is InChI=1S/C30H42N4O4/c1-21-17-34(22(2)20-35)29(36)26-16-25(32-30(37)31-24-12-8-5-9-13-24)14-15-27(26)38-28(21)19-33(3)18-23-10-6-4-7-11-23/h5,8-9,12-16,21-23,28,35H,4,6-7,10-11,17-20H2,1-3H3,(H2,31,32,37)/t21-,22+,28-/m0/s1. The molecule has 1 aliphatic carbocycles. The third-order valence-electron chi connectivity index (χ3n) is 7.74. The van der Waals surface area contributed by atoms with Gasteiger partial charge in [-0.3, -0.25) is 4.79 Å². The quantitative estimate of drug-likeness (QED) is 0.450. The summed E-state index contributed by atoms with van der Waals surface area (Å²) in [5.41, 5.74) is 1.55. The number of nitrogens with zero attached hydrogens (tertiary/aromatic N) is 2. The largest absolute Gasteiger partial charge is 0.488 e. The van der Waals surface area contributed by atoms with Crippen LogP contribution in [0.1, 0.15) is 56.3 Å². The molecule has 1 fully saturated rings. The van der Waals surface area contributed by atoms with Gasteiger partial charge in [0, 0.05) is 36.9 Å². The lowest BCUT2D eigenvalue weighted by Crippen LogP contribution is -2.50. The van der Waals surface area contributed by atoms with Gasteiger partial charge in [0.05, 0.1) is 18.2 Å². The zero-order chi connectivity index (χ0) is 27.1. The Labute approximate surface area is 226 Å². The Morgan fingerprint density at radius 2 is 1.79 bits per heavy atom. The van der Waals surface area contributed by atoms with Crippen molar-refractivity contribution in [2.75, 3.05) is 43.9 Å². The van der Waals surface area contributed by atoms with Gasteiger partial charge in [0.1, 0.15) is 11.9 Å². The number of carbonyl (C=O) groups is 2. The summed E-state index contributed by atoms with van der Waals surface area (Å²) in [5.74, 6) is 1.09. The summed E-state index contributed by atoms with van der Waals surface area (Å²) in [6.45, 7) is 6.12. The van der Waals surface area contributed by atoms with Gasteiger partial charge in [-0.1, -0.05) is 44.4 Å². The Morgan fingerprint density at radius 1 is 1.08 bits per heavy atom. The van der Waals surface area contributed by atoms with E-state index in [1.54, 1.807) is 35.2 Å². The number of hydrogen-bond acceptors (Lipinski definition) is 5. The second-order valence-corrected chi connectivity index (χ2v) is 11.0. The summed E-state index contributed by atoms with van der Waals surface area (Å²) in [7, 11) is 2.15. The minimum absolute atomic E-state index is 0.0735. The number of anilines is 2. The number of para-hydroxylation sites is 1. The summed E-state index contributed by atoms with van der Waals surface area (Å²) in [4.78, 5) is 30.3. The van der Waals surface area contributed by atoms with Crippen LogP contribution in [0.15, 0.2) is 48.5 Å². The minimum Gasteiger partial charge on any atom is -0.488 e. The van der Waals surface area contributed by atoms with Crippen LogP contribution in [0.25, 0.3) is 0 Å². The molecule has 3 atom stereocenters. The molecular weight excluding hydrogens is 480 g/mol. The van der Waals surface area contributed by atoms with Crippen LogP contribution in [0, 0.1) is 11.8 Å². The smallest absolute Gasteiger partial charge is 0.323 e. The lowest BCUT2D eigenvalue weighted by Gasteiger charge is -2.38. The van der Waals surface area contributed by atoms with E-state index in [9.17, 15) is 14.7 Å². The first-order valence-electron chi connectivity index (χ1n) is 13.9. The Morgan fingerprint density at radius 3 is 2.50 bits per heavy atom. The Kier molecular flexibility index (Phi) is 9.63. The maximum absolute atomic E-state index is 13.7. The highest BCUT2D eigenvalue weighted by molar-refractivity contribution is 6.02. The molecule has 1 heterocycles. The van der Waals surface area contributed by atoms with Crippen LogP contribution < -0.4 is 15.4 Å². The van der Waals surface area contributed by atoms with Crippen LogP contribution in [0.4, 0.5) is 16.2 Å². The molecule has 2 aliphatic rings. The molecule has 1 aliphatic heterocycles. The molecule has 0 unspecified atom stereocenters. The summed E-state index contributed by atoms with van der Waals surface area (Å²) in [6.07, 6.45) is 6.44. The SMILES string of the molecule is C[C@H](CO)N1C[C@H](C)[C@H](CN(C)CC2CCCCC2)Oc2ccc(NC(=O)Nc3ccccc3)cc2C1=O. The van der Waals surface area contributed by atoms with Crippen LogP contribution >= 0.6 is 0 Å². The van der Waals surface area contributed by atoms with Crippen molar-refractivity contribution in [3.63, 3.8) is 0 Å². The van der Waals surface area contributed by atoms with E-state index in [2.05, 4.69) is 29.5 Å². The van der Waals surface area contributed by atoms with Crippen LogP contribution in [-0.2, 0) is 0 Å². The number of amides is 3. The summed E-state index contributed by atoms with van der Waals surface area (Å²) in [5, 5.41) is 15.5. The number of benzene rings is 2. The van der Waals surface area contributed by atoms with Crippen LogP contribution in [-0.4, -0.2) is 72.3 Å². The second-order valence-electron chi connectivity index (χ2n) is 11.0. The van der Waals surface area contributed by atoms with Crippen molar-refractivity contribution in [1.29, 1.82) is 0 Å². The third kappa shape index (κ3) is 7.26. The van der Waals surface area contributed by atoms with E-state index < -0.39 is 6.03 Å². The van der Waals surface area contributed by atoms with Gasteiger partial charge in [-0.2, -0.15) is 0 Å². The maximum atomic E-state index is 13.7. The summed E-state index contributed by atoms with van der Waals surface area (Å²) < 4.78 is 6.52. The van der Waals surface area contributed by atoms with Gasteiger partial charge in [-0.15, -0.1) is 0 Å². The number of fused-ring (bicyclic) bond motifs is 1. The lowest BCUT2D eigenvalue weighted by molar-refractivity contribution is 0.0330. The van der Waals surface area contributed by atoms with E-state index in [-0.39, 0.29) is 30.6 Å². The Balaban J connectivity index is 1.53.